The Hall–Kier alpha value is -3.24. The molecule has 0 heterocycles. The largest absolute Gasteiger partial charge is 0.472 e. The van der Waals surface area contributed by atoms with Gasteiger partial charge in [0.1, 0.15) is 19.3 Å². The van der Waals surface area contributed by atoms with Crippen LogP contribution in [0.4, 0.5) is 0 Å². The quantitative estimate of drug-likeness (QED) is 0.0169. The number of carbonyl (C=O) groups excluding carboxylic acids is 4. The van der Waals surface area contributed by atoms with Crippen LogP contribution >= 0.6 is 15.6 Å². The summed E-state index contributed by atoms with van der Waals surface area (Å²) in [5.41, 5.74) is 0. The van der Waals surface area contributed by atoms with Crippen LogP contribution in [0, 0.1) is 0 Å². The summed E-state index contributed by atoms with van der Waals surface area (Å²) in [4.78, 5) is 72.6. The molecule has 0 fully saturated rings. The third-order valence-corrected chi connectivity index (χ3v) is 17.4. The van der Waals surface area contributed by atoms with Gasteiger partial charge in [-0.2, -0.15) is 0 Å². The van der Waals surface area contributed by atoms with Crippen LogP contribution in [-0.4, -0.2) is 96.7 Å². The Kier molecular flexibility index (Phi) is 64.0. The minimum Gasteiger partial charge on any atom is -0.462 e. The number of aliphatic hydroxyl groups excluding tert-OH is 1. The number of carbonyl (C=O) groups is 4. The van der Waals surface area contributed by atoms with Gasteiger partial charge < -0.3 is 33.8 Å². The second-order valence-corrected chi connectivity index (χ2v) is 27.4. The average molecular weight is 1340 g/mol. The van der Waals surface area contributed by atoms with E-state index in [-0.39, 0.29) is 25.7 Å². The lowest BCUT2D eigenvalue weighted by Crippen LogP contribution is -2.30. The fourth-order valence-electron chi connectivity index (χ4n) is 9.90. The maximum Gasteiger partial charge on any atom is 0.472 e. The molecule has 5 unspecified atom stereocenters. The lowest BCUT2D eigenvalue weighted by molar-refractivity contribution is -0.161. The van der Waals surface area contributed by atoms with Crippen LogP contribution in [0.15, 0.2) is 60.8 Å². The zero-order chi connectivity index (χ0) is 67.5. The molecule has 19 heteroatoms. The third-order valence-electron chi connectivity index (χ3n) is 15.5. The van der Waals surface area contributed by atoms with Crippen LogP contribution < -0.4 is 0 Å². The van der Waals surface area contributed by atoms with Crippen molar-refractivity contribution < 1.29 is 80.2 Å². The van der Waals surface area contributed by atoms with Gasteiger partial charge in [-0.25, -0.2) is 9.13 Å². The van der Waals surface area contributed by atoms with Gasteiger partial charge in [-0.3, -0.25) is 37.3 Å². The molecule has 0 radical (unpaired) electrons. The lowest BCUT2D eigenvalue weighted by Gasteiger charge is -2.21. The molecule has 0 aromatic carbocycles. The van der Waals surface area contributed by atoms with E-state index in [1.807, 2.05) is 0 Å². The van der Waals surface area contributed by atoms with Crippen LogP contribution in [0.5, 0.6) is 0 Å². The number of allylic oxidation sites excluding steroid dienone is 10. The molecule has 0 spiro atoms. The van der Waals surface area contributed by atoms with Crippen LogP contribution in [0.2, 0.25) is 0 Å². The van der Waals surface area contributed by atoms with Gasteiger partial charge in [-0.15, -0.1) is 0 Å². The number of ether oxygens (including phenoxy) is 4. The van der Waals surface area contributed by atoms with Gasteiger partial charge in [0.2, 0.25) is 0 Å². The molecule has 0 saturated carbocycles. The molecule has 0 aliphatic rings. The topological polar surface area (TPSA) is 237 Å². The van der Waals surface area contributed by atoms with Crippen molar-refractivity contribution in [3.63, 3.8) is 0 Å². The molecule has 0 aliphatic carbocycles. The number of aliphatic hydroxyl groups is 1. The molecule has 0 aliphatic heterocycles. The number of unbranched alkanes of at least 4 members (excludes halogenated alkanes) is 33. The van der Waals surface area contributed by atoms with E-state index in [9.17, 15) is 43.2 Å². The molecule has 0 aromatic rings. The van der Waals surface area contributed by atoms with E-state index in [4.69, 9.17) is 37.0 Å². The number of hydrogen-bond acceptors (Lipinski definition) is 15. The van der Waals surface area contributed by atoms with Gasteiger partial charge in [0.05, 0.1) is 26.4 Å². The minimum absolute atomic E-state index is 0.0895. The highest BCUT2D eigenvalue weighted by Crippen LogP contribution is 2.45. The molecule has 92 heavy (non-hydrogen) atoms. The first kappa shape index (κ1) is 88.8. The Labute approximate surface area is 559 Å². The Balaban J connectivity index is 5.28. The van der Waals surface area contributed by atoms with Crippen molar-refractivity contribution in [2.24, 2.45) is 0 Å². The van der Waals surface area contributed by atoms with E-state index in [0.29, 0.717) is 25.7 Å². The average Bonchev–Trinajstić information content (AvgIpc) is 2.31. The van der Waals surface area contributed by atoms with Crippen molar-refractivity contribution >= 4 is 39.5 Å². The summed E-state index contributed by atoms with van der Waals surface area (Å²) < 4.78 is 68.2. The fourth-order valence-corrected chi connectivity index (χ4v) is 11.5. The molecule has 0 bridgehead atoms. The number of phosphoric acid groups is 2. The van der Waals surface area contributed by atoms with E-state index in [2.05, 4.69) is 88.5 Å². The molecular formula is C73H132O17P2. The lowest BCUT2D eigenvalue weighted by atomic mass is 10.0. The highest BCUT2D eigenvalue weighted by Gasteiger charge is 2.30. The van der Waals surface area contributed by atoms with Crippen molar-refractivity contribution in [2.75, 3.05) is 39.6 Å². The molecular weight excluding hydrogens is 1210 g/mol. The number of esters is 4. The summed E-state index contributed by atoms with van der Waals surface area (Å²) in [5, 5.41) is 10.6. The third kappa shape index (κ3) is 65.4. The molecule has 0 saturated heterocycles. The molecule has 536 valence electrons. The minimum atomic E-state index is -4.97. The van der Waals surface area contributed by atoms with Crippen LogP contribution in [0.25, 0.3) is 0 Å². The maximum atomic E-state index is 13.0. The van der Waals surface area contributed by atoms with Gasteiger partial charge >= 0.3 is 39.5 Å². The Bertz CT molecular complexity index is 1990. The predicted molar refractivity (Wildman–Crippen MR) is 372 cm³/mol. The summed E-state index contributed by atoms with van der Waals surface area (Å²) in [6.07, 6.45) is 62.3. The summed E-state index contributed by atoms with van der Waals surface area (Å²) in [6, 6.07) is 0. The predicted octanol–water partition coefficient (Wildman–Crippen LogP) is 20.3. The highest BCUT2D eigenvalue weighted by atomic mass is 31.2. The van der Waals surface area contributed by atoms with Crippen molar-refractivity contribution in [3.8, 4) is 0 Å². The van der Waals surface area contributed by atoms with E-state index in [1.165, 1.54) is 109 Å². The monoisotopic (exact) mass is 1340 g/mol. The Morgan fingerprint density at radius 1 is 0.315 bits per heavy atom. The number of hydrogen-bond donors (Lipinski definition) is 3. The van der Waals surface area contributed by atoms with Crippen LogP contribution in [0.3, 0.4) is 0 Å². The summed E-state index contributed by atoms with van der Waals surface area (Å²) in [7, 11) is -9.93. The Morgan fingerprint density at radius 3 is 0.913 bits per heavy atom. The number of rotatable bonds is 69. The van der Waals surface area contributed by atoms with E-state index in [1.54, 1.807) is 0 Å². The van der Waals surface area contributed by atoms with Gasteiger partial charge in [0, 0.05) is 25.7 Å². The smallest absolute Gasteiger partial charge is 0.462 e. The second-order valence-electron chi connectivity index (χ2n) is 24.5. The zero-order valence-corrected chi connectivity index (χ0v) is 60.0. The van der Waals surface area contributed by atoms with Crippen LogP contribution in [0.1, 0.15) is 323 Å². The van der Waals surface area contributed by atoms with Crippen molar-refractivity contribution in [1.82, 2.24) is 0 Å². The molecule has 0 rings (SSSR count). The molecule has 5 atom stereocenters. The standard InChI is InChI=1S/C73H132O17P2/c1-5-9-13-17-21-25-29-31-32-33-34-36-40-42-46-50-54-58-71(76)84-64-69(90-73(78)60-56-52-48-44-38-28-24-20-16-12-8-4)66-88-92(81,82)86-62-67(74)61-85-91(79,80)87-65-68(89-72(77)59-55-51-47-43-37-27-23-19-15-11-7-3)63-83-70(75)57-53-49-45-41-39-35-30-26-22-18-14-10-6-2/h9,13,19,21,23,25,31-32,34,36,67-69,74H,5-8,10-12,14-18,20,22,24,26-30,33,35,37-66H2,1-4H3,(H,79,80)(H,81,82)/b13-9-,23-19-,25-21-,32-31-,36-34-. The summed E-state index contributed by atoms with van der Waals surface area (Å²) >= 11 is 0. The SMILES string of the molecule is CC/C=C\C/C=C\C/C=C\C/C=C\CCCCCCC(=O)OCC(COP(=O)(O)OCC(O)COP(=O)(O)OCC(COC(=O)CCCCCCCCCCCCCCC)OC(=O)CCCCCCC/C=C\CCCC)OC(=O)CCCCCCCCCCCCC. The van der Waals surface area contributed by atoms with Crippen LogP contribution in [-0.2, 0) is 65.4 Å². The van der Waals surface area contributed by atoms with E-state index < -0.39 is 97.5 Å². The molecule has 0 aromatic heterocycles. The number of phosphoric ester groups is 2. The van der Waals surface area contributed by atoms with E-state index >= 15 is 0 Å². The van der Waals surface area contributed by atoms with Gasteiger partial charge in [-0.1, -0.05) is 275 Å². The highest BCUT2D eigenvalue weighted by molar-refractivity contribution is 7.47. The van der Waals surface area contributed by atoms with Gasteiger partial charge in [0.15, 0.2) is 12.2 Å². The molecule has 3 N–H and O–H groups in total. The maximum absolute atomic E-state index is 13.0. The molecule has 17 nitrogen and oxygen atoms in total. The zero-order valence-electron chi connectivity index (χ0n) is 58.2. The van der Waals surface area contributed by atoms with Crippen molar-refractivity contribution in [3.05, 3.63) is 60.8 Å². The summed E-state index contributed by atoms with van der Waals surface area (Å²) in [6.45, 7) is 4.70. The molecule has 0 amide bonds. The van der Waals surface area contributed by atoms with Gasteiger partial charge in [0.25, 0.3) is 0 Å². The van der Waals surface area contributed by atoms with Crippen molar-refractivity contribution in [2.45, 2.75) is 341 Å². The second kappa shape index (κ2) is 66.4. The first-order chi connectivity index (χ1) is 44.7. The van der Waals surface area contributed by atoms with E-state index in [0.717, 1.165) is 135 Å². The van der Waals surface area contributed by atoms with Gasteiger partial charge in [-0.05, 0) is 83.5 Å². The normalized spacial score (nSPS) is 14.4. The Morgan fingerprint density at radius 2 is 0.576 bits per heavy atom. The fraction of sp³-hybridized carbons (Fsp3) is 0.808. The first-order valence-corrected chi connectivity index (χ1v) is 39.5. The van der Waals surface area contributed by atoms with Crippen molar-refractivity contribution in [1.29, 1.82) is 0 Å². The summed E-state index contributed by atoms with van der Waals surface area (Å²) in [5.74, 6) is -2.19. The first-order valence-electron chi connectivity index (χ1n) is 36.5.